The molecule has 0 unspecified atom stereocenters. The Balaban J connectivity index is 1.62. The molecule has 0 aliphatic rings. The minimum Gasteiger partial charge on any atom is -0.497 e. The minimum atomic E-state index is -0.418. The van der Waals surface area contributed by atoms with E-state index in [-0.39, 0.29) is 11.5 Å². The van der Waals surface area contributed by atoms with E-state index >= 15 is 0 Å². The number of ketones is 1. The van der Waals surface area contributed by atoms with Gasteiger partial charge < -0.3 is 4.74 Å². The number of nitro groups is 1. The van der Waals surface area contributed by atoms with Crippen LogP contribution in [-0.2, 0) is 0 Å². The summed E-state index contributed by atoms with van der Waals surface area (Å²) in [6, 6.07) is 21.1. The average Bonchev–Trinajstić information content (AvgIpc) is 2.77. The molecule has 0 fully saturated rings. The smallest absolute Gasteiger partial charge is 0.269 e. The van der Waals surface area contributed by atoms with Crippen molar-refractivity contribution in [1.82, 2.24) is 0 Å². The Morgan fingerprint density at radius 3 is 1.76 bits per heavy atom. The molecule has 0 saturated heterocycles. The molecule has 0 saturated carbocycles. The molecule has 0 atom stereocenters. The van der Waals surface area contributed by atoms with E-state index in [1.54, 1.807) is 55.7 Å². The molecule has 0 amide bonds. The molecule has 0 aliphatic carbocycles. The van der Waals surface area contributed by atoms with E-state index < -0.39 is 4.92 Å². The molecule has 144 valence electrons. The van der Waals surface area contributed by atoms with Gasteiger partial charge in [-0.1, -0.05) is 42.5 Å². The monoisotopic (exact) mass is 385 g/mol. The number of allylic oxidation sites excluding steroid dienone is 1. The van der Waals surface area contributed by atoms with Gasteiger partial charge in [-0.2, -0.15) is 0 Å². The Kier molecular flexibility index (Phi) is 6.32. The summed E-state index contributed by atoms with van der Waals surface area (Å²) in [5.74, 6) is 0.637. The maximum absolute atomic E-state index is 12.2. The second-order valence-electron chi connectivity index (χ2n) is 6.27. The molecule has 0 heterocycles. The predicted molar refractivity (Wildman–Crippen MR) is 115 cm³/mol. The van der Waals surface area contributed by atoms with Crippen LogP contribution in [-0.4, -0.2) is 17.8 Å². The summed E-state index contributed by atoms with van der Waals surface area (Å²) in [5, 5.41) is 10.7. The van der Waals surface area contributed by atoms with E-state index in [0.29, 0.717) is 11.3 Å². The lowest BCUT2D eigenvalue weighted by atomic mass is 10.1. The second kappa shape index (κ2) is 9.28. The third-order valence-corrected chi connectivity index (χ3v) is 4.31. The van der Waals surface area contributed by atoms with Crippen LogP contribution in [0.15, 0.2) is 78.9 Å². The third-order valence-electron chi connectivity index (χ3n) is 4.31. The number of rotatable bonds is 7. The lowest BCUT2D eigenvalue weighted by molar-refractivity contribution is -0.384. The molecule has 3 aromatic rings. The average molecular weight is 385 g/mol. The van der Waals surface area contributed by atoms with E-state index in [1.807, 2.05) is 36.4 Å². The molecule has 0 radical (unpaired) electrons. The molecule has 5 nitrogen and oxygen atoms in total. The Bertz CT molecular complexity index is 1050. The van der Waals surface area contributed by atoms with Crippen molar-refractivity contribution in [2.24, 2.45) is 0 Å². The number of benzene rings is 3. The lowest BCUT2D eigenvalue weighted by Crippen LogP contribution is -1.94. The van der Waals surface area contributed by atoms with Crippen molar-refractivity contribution in [2.75, 3.05) is 7.11 Å². The molecular weight excluding hydrogens is 366 g/mol. The number of nitro benzene ring substituents is 1. The molecule has 0 aliphatic heterocycles. The number of carbonyl (C=O) groups excluding carboxylic acids is 1. The van der Waals surface area contributed by atoms with Crippen molar-refractivity contribution < 1.29 is 14.5 Å². The van der Waals surface area contributed by atoms with Crippen molar-refractivity contribution in [3.63, 3.8) is 0 Å². The first-order valence-corrected chi connectivity index (χ1v) is 8.94. The summed E-state index contributed by atoms with van der Waals surface area (Å²) in [6.07, 6.45) is 7.14. The highest BCUT2D eigenvalue weighted by atomic mass is 16.6. The van der Waals surface area contributed by atoms with Crippen LogP contribution >= 0.6 is 0 Å². The Hall–Kier alpha value is -3.99. The number of hydrogen-bond donors (Lipinski definition) is 0. The second-order valence-corrected chi connectivity index (χ2v) is 6.27. The fourth-order valence-electron chi connectivity index (χ4n) is 2.64. The summed E-state index contributed by atoms with van der Waals surface area (Å²) in [5.41, 5.74) is 3.46. The lowest BCUT2D eigenvalue weighted by Gasteiger charge is -2.00. The zero-order valence-corrected chi connectivity index (χ0v) is 15.8. The van der Waals surface area contributed by atoms with Gasteiger partial charge in [0.15, 0.2) is 5.78 Å². The Morgan fingerprint density at radius 1 is 0.793 bits per heavy atom. The summed E-state index contributed by atoms with van der Waals surface area (Å²) in [6.45, 7) is 0. The van der Waals surface area contributed by atoms with Crippen molar-refractivity contribution >= 4 is 29.7 Å². The van der Waals surface area contributed by atoms with Gasteiger partial charge in [0.2, 0.25) is 0 Å². The molecule has 3 rings (SSSR count). The highest BCUT2D eigenvalue weighted by molar-refractivity contribution is 6.06. The first kappa shape index (κ1) is 19.8. The first-order chi connectivity index (χ1) is 14.0. The van der Waals surface area contributed by atoms with Crippen molar-refractivity contribution in [1.29, 1.82) is 0 Å². The van der Waals surface area contributed by atoms with Crippen LogP contribution in [0.2, 0.25) is 0 Å². The van der Waals surface area contributed by atoms with Gasteiger partial charge in [-0.25, -0.2) is 0 Å². The number of hydrogen-bond acceptors (Lipinski definition) is 4. The quantitative estimate of drug-likeness (QED) is 0.173. The summed E-state index contributed by atoms with van der Waals surface area (Å²) < 4.78 is 5.09. The van der Waals surface area contributed by atoms with Crippen LogP contribution in [0.3, 0.4) is 0 Å². The van der Waals surface area contributed by atoms with Gasteiger partial charge in [0, 0.05) is 17.7 Å². The van der Waals surface area contributed by atoms with Gasteiger partial charge in [-0.3, -0.25) is 14.9 Å². The van der Waals surface area contributed by atoms with Crippen LogP contribution in [0.4, 0.5) is 5.69 Å². The van der Waals surface area contributed by atoms with E-state index in [9.17, 15) is 14.9 Å². The van der Waals surface area contributed by atoms with Crippen molar-refractivity contribution in [2.45, 2.75) is 0 Å². The van der Waals surface area contributed by atoms with Crippen LogP contribution in [0.1, 0.15) is 27.0 Å². The van der Waals surface area contributed by atoms with Crippen LogP contribution < -0.4 is 4.74 Å². The fraction of sp³-hybridized carbons (Fsp3) is 0.0417. The summed E-state index contributed by atoms with van der Waals surface area (Å²) in [4.78, 5) is 22.5. The molecule has 0 aromatic heterocycles. The topological polar surface area (TPSA) is 69.4 Å². The van der Waals surface area contributed by atoms with Crippen molar-refractivity contribution in [3.8, 4) is 5.75 Å². The first-order valence-electron chi connectivity index (χ1n) is 8.94. The molecule has 0 bridgehead atoms. The number of methoxy groups -OCH3 is 1. The number of ether oxygens (including phenoxy) is 1. The highest BCUT2D eigenvalue weighted by Gasteiger charge is 2.03. The van der Waals surface area contributed by atoms with Crippen LogP contribution in [0.5, 0.6) is 5.75 Å². The predicted octanol–water partition coefficient (Wildman–Crippen LogP) is 5.67. The van der Waals surface area contributed by atoms with Gasteiger partial charge in [-0.15, -0.1) is 0 Å². The van der Waals surface area contributed by atoms with E-state index in [2.05, 4.69) is 0 Å². The maximum Gasteiger partial charge on any atom is 0.269 e. The maximum atomic E-state index is 12.2. The standard InChI is InChI=1S/C24H19NO4/c1-29-23-15-11-21(12-16-23)24(26)17-10-19-5-2-18(3-6-19)4-7-20-8-13-22(14-9-20)25(27)28/h2-17H,1H3/b7-4+,17-10+. The number of non-ortho nitro benzene ring substituents is 1. The molecule has 3 aromatic carbocycles. The highest BCUT2D eigenvalue weighted by Crippen LogP contribution is 2.16. The van der Waals surface area contributed by atoms with E-state index in [1.165, 1.54) is 12.1 Å². The fourth-order valence-corrected chi connectivity index (χ4v) is 2.64. The van der Waals surface area contributed by atoms with Gasteiger partial charge >= 0.3 is 0 Å². The normalized spacial score (nSPS) is 11.1. The summed E-state index contributed by atoms with van der Waals surface area (Å²) in [7, 11) is 1.58. The largest absolute Gasteiger partial charge is 0.497 e. The number of nitrogens with zero attached hydrogens (tertiary/aromatic N) is 1. The van der Waals surface area contributed by atoms with Gasteiger partial charge in [0.1, 0.15) is 5.75 Å². The molecular formula is C24H19NO4. The van der Waals surface area contributed by atoms with E-state index in [0.717, 1.165) is 16.7 Å². The molecule has 0 N–H and O–H groups in total. The van der Waals surface area contributed by atoms with Crippen LogP contribution in [0.25, 0.3) is 18.2 Å². The molecule has 5 heteroatoms. The Labute approximate surface area is 168 Å². The molecule has 0 spiro atoms. The number of carbonyl (C=O) groups is 1. The van der Waals surface area contributed by atoms with Crippen molar-refractivity contribution in [3.05, 3.63) is 111 Å². The minimum absolute atomic E-state index is 0.0717. The Morgan fingerprint density at radius 2 is 1.28 bits per heavy atom. The zero-order chi connectivity index (χ0) is 20.6. The third kappa shape index (κ3) is 5.49. The SMILES string of the molecule is COc1ccc(C(=O)/C=C/c2ccc(/C=C/c3ccc([N+](=O)[O-])cc3)cc2)cc1. The van der Waals surface area contributed by atoms with Gasteiger partial charge in [0.25, 0.3) is 5.69 Å². The summed E-state index contributed by atoms with van der Waals surface area (Å²) >= 11 is 0. The zero-order valence-electron chi connectivity index (χ0n) is 15.8. The van der Waals surface area contributed by atoms with Gasteiger partial charge in [-0.05, 0) is 59.2 Å². The van der Waals surface area contributed by atoms with Crippen LogP contribution in [0, 0.1) is 10.1 Å². The van der Waals surface area contributed by atoms with Gasteiger partial charge in [0.05, 0.1) is 12.0 Å². The molecule has 29 heavy (non-hydrogen) atoms. The van der Waals surface area contributed by atoms with E-state index in [4.69, 9.17) is 4.74 Å².